The second-order valence-electron chi connectivity index (χ2n) is 5.92. The zero-order valence-electron chi connectivity index (χ0n) is 15.7. The molecule has 0 aliphatic heterocycles. The summed E-state index contributed by atoms with van der Waals surface area (Å²) in [6.07, 6.45) is -6.91. The lowest BCUT2D eigenvalue weighted by Crippen LogP contribution is -2.44. The summed E-state index contributed by atoms with van der Waals surface area (Å²) in [5.74, 6) is -5.51. The molecule has 0 radical (unpaired) electrons. The molecule has 1 atom stereocenters. The van der Waals surface area contributed by atoms with E-state index in [4.69, 9.17) is 17.0 Å². The normalized spacial score (nSPS) is 13.6. The van der Waals surface area contributed by atoms with Crippen LogP contribution in [-0.2, 0) is 4.79 Å². The van der Waals surface area contributed by atoms with Crippen LogP contribution in [0.4, 0.5) is 32.0 Å². The number of carbonyl (C=O) groups is 1. The van der Waals surface area contributed by atoms with Gasteiger partial charge in [0.05, 0.1) is 11.9 Å². The van der Waals surface area contributed by atoms with Gasteiger partial charge in [-0.05, 0) is 19.1 Å². The number of nitrogens with zero attached hydrogens (tertiary/aromatic N) is 3. The van der Waals surface area contributed by atoms with Gasteiger partial charge in [0.15, 0.2) is 5.92 Å². The van der Waals surface area contributed by atoms with Crippen LogP contribution in [0.5, 0.6) is 0 Å². The number of aliphatic imine (C=N–C) groups is 1. The molecule has 0 saturated heterocycles. The third-order valence-electron chi connectivity index (χ3n) is 3.80. The highest BCUT2D eigenvalue weighted by Gasteiger charge is 2.56. The predicted molar refractivity (Wildman–Crippen MR) is 105 cm³/mol. The third-order valence-corrected chi connectivity index (χ3v) is 5.09. The van der Waals surface area contributed by atoms with Crippen molar-refractivity contribution >= 4 is 46.3 Å². The number of carbonyl (C=O) groups excluding carboxylic acids is 1. The molecule has 13 heteroatoms. The maximum absolute atomic E-state index is 12.5. The van der Waals surface area contributed by atoms with Crippen molar-refractivity contribution in [3.05, 3.63) is 24.5 Å². The maximum Gasteiger partial charge on any atom is 0.401 e. The molecule has 1 heterocycles. The van der Waals surface area contributed by atoms with Crippen LogP contribution >= 0.6 is 23.4 Å². The van der Waals surface area contributed by atoms with E-state index in [0.29, 0.717) is 17.4 Å². The first-order valence-electron chi connectivity index (χ1n) is 8.56. The van der Waals surface area contributed by atoms with Gasteiger partial charge in [0, 0.05) is 36.9 Å². The second kappa shape index (κ2) is 11.5. The van der Waals surface area contributed by atoms with Crippen molar-refractivity contribution in [2.24, 2.45) is 10.9 Å². The van der Waals surface area contributed by atoms with Crippen molar-refractivity contribution in [1.29, 1.82) is 5.41 Å². The average Bonchev–Trinajstić information content (AvgIpc) is 2.63. The topological polar surface area (TPSA) is 69.4 Å². The molecule has 1 aromatic rings. The highest BCUT2D eigenvalue weighted by atomic mass is 35.5. The van der Waals surface area contributed by atoms with E-state index < -0.39 is 41.1 Å². The van der Waals surface area contributed by atoms with E-state index in [2.05, 4.69) is 9.98 Å². The number of hydrogen-bond acceptors (Lipinski definition) is 5. The molecule has 5 nitrogen and oxygen atoms in total. The molecule has 0 aliphatic carbocycles. The van der Waals surface area contributed by atoms with Crippen molar-refractivity contribution in [3.8, 4) is 0 Å². The molecule has 168 valence electrons. The Morgan fingerprint density at radius 1 is 1.33 bits per heavy atom. The van der Waals surface area contributed by atoms with Crippen LogP contribution in [0.3, 0.4) is 0 Å². The van der Waals surface area contributed by atoms with Crippen LogP contribution in [-0.4, -0.2) is 63.6 Å². The maximum atomic E-state index is 12.5. The SMILES string of the molecule is CCN(C(=O)CCSCC(C(F)(F)F)C(F)(F)F)C(C=Nc1cccnc1)C(=N)Cl. The zero-order valence-corrected chi connectivity index (χ0v) is 17.2. The Labute approximate surface area is 178 Å². The molecular weight excluding hydrogens is 458 g/mol. The highest BCUT2D eigenvalue weighted by Crippen LogP contribution is 2.41. The molecule has 0 fully saturated rings. The van der Waals surface area contributed by atoms with Gasteiger partial charge in [-0.3, -0.25) is 20.2 Å². The Balaban J connectivity index is 2.72. The van der Waals surface area contributed by atoms with Crippen LogP contribution < -0.4 is 0 Å². The number of aromatic nitrogens is 1. The number of pyridine rings is 1. The molecule has 30 heavy (non-hydrogen) atoms. The van der Waals surface area contributed by atoms with Gasteiger partial charge in [-0.1, -0.05) is 11.6 Å². The van der Waals surface area contributed by atoms with Crippen molar-refractivity contribution in [3.63, 3.8) is 0 Å². The molecular formula is C17H19ClF6N4OS. The summed E-state index contributed by atoms with van der Waals surface area (Å²) in [4.78, 5) is 21.5. The van der Waals surface area contributed by atoms with E-state index in [1.165, 1.54) is 23.5 Å². The van der Waals surface area contributed by atoms with Crippen LogP contribution in [0.25, 0.3) is 0 Å². The molecule has 1 unspecified atom stereocenters. The highest BCUT2D eigenvalue weighted by molar-refractivity contribution is 7.99. The number of nitrogens with one attached hydrogen (secondary N) is 1. The summed E-state index contributed by atoms with van der Waals surface area (Å²) < 4.78 is 75.2. The van der Waals surface area contributed by atoms with E-state index in [0.717, 1.165) is 0 Å². The molecule has 0 bridgehead atoms. The molecule has 0 aromatic carbocycles. The fourth-order valence-corrected chi connectivity index (χ4v) is 3.55. The van der Waals surface area contributed by atoms with E-state index >= 15 is 0 Å². The van der Waals surface area contributed by atoms with Gasteiger partial charge in [0.25, 0.3) is 0 Å². The Hall–Kier alpha value is -1.82. The first kappa shape index (κ1) is 26.2. The summed E-state index contributed by atoms with van der Waals surface area (Å²) in [6.45, 7) is 1.70. The van der Waals surface area contributed by atoms with E-state index in [9.17, 15) is 31.1 Å². The fourth-order valence-electron chi connectivity index (χ4n) is 2.28. The van der Waals surface area contributed by atoms with Crippen LogP contribution in [0.1, 0.15) is 13.3 Å². The summed E-state index contributed by atoms with van der Waals surface area (Å²) >= 11 is 6.14. The van der Waals surface area contributed by atoms with Crippen LogP contribution in [0.15, 0.2) is 29.5 Å². The molecule has 1 N–H and O–H groups in total. The minimum Gasteiger partial charge on any atom is -0.328 e. The molecule has 0 aliphatic rings. The van der Waals surface area contributed by atoms with Gasteiger partial charge in [0.2, 0.25) is 5.91 Å². The van der Waals surface area contributed by atoms with Crippen LogP contribution in [0.2, 0.25) is 0 Å². The Bertz CT molecular complexity index is 715. The molecule has 1 aromatic heterocycles. The van der Waals surface area contributed by atoms with E-state index in [-0.39, 0.29) is 18.7 Å². The van der Waals surface area contributed by atoms with Crippen molar-refractivity contribution in [2.45, 2.75) is 31.7 Å². The van der Waals surface area contributed by atoms with E-state index in [1.54, 1.807) is 19.1 Å². The number of hydrogen-bond donors (Lipinski definition) is 1. The smallest absolute Gasteiger partial charge is 0.328 e. The fraction of sp³-hybridized carbons (Fsp3) is 0.529. The average molecular weight is 477 g/mol. The first-order valence-corrected chi connectivity index (χ1v) is 10.1. The first-order chi connectivity index (χ1) is 13.9. The minimum atomic E-state index is -5.41. The lowest BCUT2D eigenvalue weighted by molar-refractivity contribution is -0.276. The van der Waals surface area contributed by atoms with Gasteiger partial charge in [-0.2, -0.15) is 38.1 Å². The van der Waals surface area contributed by atoms with E-state index in [1.807, 2.05) is 0 Å². The summed E-state index contributed by atoms with van der Waals surface area (Å²) in [5, 5.41) is 7.24. The Morgan fingerprint density at radius 3 is 2.43 bits per heavy atom. The zero-order chi connectivity index (χ0) is 22.9. The molecule has 0 spiro atoms. The second-order valence-corrected chi connectivity index (χ2v) is 7.48. The summed E-state index contributed by atoms with van der Waals surface area (Å²) in [6, 6.07) is 2.24. The van der Waals surface area contributed by atoms with Crippen molar-refractivity contribution in [2.75, 3.05) is 18.1 Å². The van der Waals surface area contributed by atoms with Gasteiger partial charge in [0.1, 0.15) is 11.2 Å². The molecule has 1 amide bonds. The number of alkyl halides is 6. The van der Waals surface area contributed by atoms with Gasteiger partial charge in [-0.15, -0.1) is 0 Å². The standard InChI is InChI=1S/C17H19ClF6N4OS/c1-2-28(12(15(18)25)9-27-11-4-3-6-26-8-11)14(29)5-7-30-10-13(16(19,20)21)17(22,23)24/h3-4,6,8-9,12-13,25H,2,5,7,10H2,1H3. The lowest BCUT2D eigenvalue weighted by atomic mass is 10.1. The summed E-state index contributed by atoms with van der Waals surface area (Å²) in [7, 11) is 0. The van der Waals surface area contributed by atoms with Gasteiger partial charge < -0.3 is 4.90 Å². The van der Waals surface area contributed by atoms with Crippen molar-refractivity contribution < 1.29 is 31.1 Å². The number of halogens is 7. The number of amides is 1. The summed E-state index contributed by atoms with van der Waals surface area (Å²) in [5.41, 5.74) is 0.449. The molecule has 1 rings (SSSR count). The van der Waals surface area contributed by atoms with Crippen molar-refractivity contribution in [1.82, 2.24) is 9.88 Å². The quantitative estimate of drug-likeness (QED) is 0.291. The molecule has 0 saturated carbocycles. The van der Waals surface area contributed by atoms with Crippen LogP contribution in [0, 0.1) is 11.3 Å². The minimum absolute atomic E-state index is 0.107. The van der Waals surface area contributed by atoms with Gasteiger partial charge >= 0.3 is 12.4 Å². The lowest BCUT2D eigenvalue weighted by Gasteiger charge is -2.27. The Kier molecular flexibility index (Phi) is 10.1. The van der Waals surface area contributed by atoms with Gasteiger partial charge in [-0.25, -0.2) is 0 Å². The predicted octanol–water partition coefficient (Wildman–Crippen LogP) is 5.08. The Morgan fingerprint density at radius 2 is 1.97 bits per heavy atom. The number of rotatable bonds is 10. The number of thioether (sulfide) groups is 1. The third kappa shape index (κ3) is 8.50. The monoisotopic (exact) mass is 476 g/mol. The largest absolute Gasteiger partial charge is 0.401 e.